The highest BCUT2D eigenvalue weighted by molar-refractivity contribution is 5.70. The average Bonchev–Trinajstić information content (AvgIpc) is 2.01. The molecule has 1 aliphatic heterocycles. The normalized spacial score (nSPS) is 32.8. The van der Waals surface area contributed by atoms with E-state index in [0.717, 1.165) is 0 Å². The van der Waals surface area contributed by atoms with E-state index in [2.05, 4.69) is 0 Å². The van der Waals surface area contributed by atoms with Crippen LogP contribution in [0.5, 0.6) is 0 Å². The Kier molecular flexibility index (Phi) is 3.05. The first-order chi connectivity index (χ1) is 5.63. The molecule has 0 aromatic rings. The lowest BCUT2D eigenvalue weighted by molar-refractivity contribution is -0.165. The molecule has 0 aromatic carbocycles. The van der Waals surface area contributed by atoms with Crippen molar-refractivity contribution in [3.8, 4) is 0 Å². The Labute approximate surface area is 71.2 Å². The Balaban J connectivity index is 2.49. The summed E-state index contributed by atoms with van der Waals surface area (Å²) in [5.74, 6) is -0.0521. The van der Waals surface area contributed by atoms with Crippen LogP contribution in [0.1, 0.15) is 19.8 Å². The van der Waals surface area contributed by atoms with Crippen LogP contribution in [0.3, 0.4) is 0 Å². The minimum atomic E-state index is -0.934. The summed E-state index contributed by atoms with van der Waals surface area (Å²) < 4.78 is 4.86. The SMILES string of the molecule is CC1CC(=O)OC(C(O)CO)C1. The van der Waals surface area contributed by atoms with Gasteiger partial charge in [-0.1, -0.05) is 6.92 Å². The van der Waals surface area contributed by atoms with E-state index in [1.54, 1.807) is 0 Å². The highest BCUT2D eigenvalue weighted by atomic mass is 16.6. The molecule has 0 radical (unpaired) electrons. The molecule has 1 saturated heterocycles. The van der Waals surface area contributed by atoms with E-state index in [9.17, 15) is 9.90 Å². The summed E-state index contributed by atoms with van der Waals surface area (Å²) in [6.07, 6.45) is -0.412. The van der Waals surface area contributed by atoms with Crippen molar-refractivity contribution in [1.29, 1.82) is 0 Å². The summed E-state index contributed by atoms with van der Waals surface area (Å²) in [7, 11) is 0. The predicted molar refractivity (Wildman–Crippen MR) is 41.4 cm³/mol. The quantitative estimate of drug-likeness (QED) is 0.563. The fourth-order valence-corrected chi connectivity index (χ4v) is 1.38. The summed E-state index contributed by atoms with van der Waals surface area (Å²) in [6, 6.07) is 0. The molecule has 1 rings (SSSR count). The monoisotopic (exact) mass is 174 g/mol. The van der Waals surface area contributed by atoms with Crippen LogP contribution in [0.15, 0.2) is 0 Å². The standard InChI is InChI=1S/C8H14O4/c1-5-2-7(6(10)4-9)12-8(11)3-5/h5-7,9-10H,2-4H2,1H3. The van der Waals surface area contributed by atoms with Crippen molar-refractivity contribution in [3.05, 3.63) is 0 Å². The van der Waals surface area contributed by atoms with Crippen LogP contribution in [0, 0.1) is 5.92 Å². The molecule has 3 unspecified atom stereocenters. The van der Waals surface area contributed by atoms with Crippen LogP contribution < -0.4 is 0 Å². The number of esters is 1. The van der Waals surface area contributed by atoms with Crippen molar-refractivity contribution in [3.63, 3.8) is 0 Å². The lowest BCUT2D eigenvalue weighted by Crippen LogP contribution is -2.39. The first-order valence-corrected chi connectivity index (χ1v) is 4.12. The molecular formula is C8H14O4. The zero-order valence-electron chi connectivity index (χ0n) is 7.06. The van der Waals surface area contributed by atoms with Gasteiger partial charge in [-0.25, -0.2) is 0 Å². The van der Waals surface area contributed by atoms with Gasteiger partial charge in [-0.2, -0.15) is 0 Å². The summed E-state index contributed by atoms with van der Waals surface area (Å²) in [5, 5.41) is 17.8. The summed E-state index contributed by atoms with van der Waals surface area (Å²) in [5.41, 5.74) is 0. The summed E-state index contributed by atoms with van der Waals surface area (Å²) in [4.78, 5) is 10.9. The van der Waals surface area contributed by atoms with Crippen molar-refractivity contribution in [2.24, 2.45) is 5.92 Å². The van der Waals surface area contributed by atoms with Crippen molar-refractivity contribution in [1.82, 2.24) is 0 Å². The van der Waals surface area contributed by atoms with Gasteiger partial charge in [-0.15, -0.1) is 0 Å². The topological polar surface area (TPSA) is 66.8 Å². The maximum absolute atomic E-state index is 10.9. The van der Waals surface area contributed by atoms with Gasteiger partial charge in [0.1, 0.15) is 12.2 Å². The molecule has 4 nitrogen and oxygen atoms in total. The van der Waals surface area contributed by atoms with Crippen molar-refractivity contribution >= 4 is 5.97 Å². The van der Waals surface area contributed by atoms with E-state index >= 15 is 0 Å². The van der Waals surface area contributed by atoms with E-state index in [4.69, 9.17) is 9.84 Å². The van der Waals surface area contributed by atoms with E-state index in [1.807, 2.05) is 6.92 Å². The van der Waals surface area contributed by atoms with E-state index < -0.39 is 12.2 Å². The molecule has 0 aromatic heterocycles. The van der Waals surface area contributed by atoms with Gasteiger partial charge in [-0.3, -0.25) is 4.79 Å². The molecule has 70 valence electrons. The Morgan fingerprint density at radius 3 is 2.92 bits per heavy atom. The predicted octanol–water partition coefficient (Wildman–Crippen LogP) is -0.319. The molecule has 0 bridgehead atoms. The van der Waals surface area contributed by atoms with Crippen LogP contribution in [-0.4, -0.2) is 35.0 Å². The highest BCUT2D eigenvalue weighted by Crippen LogP contribution is 2.22. The average molecular weight is 174 g/mol. The molecule has 1 heterocycles. The molecule has 2 N–H and O–H groups in total. The van der Waals surface area contributed by atoms with Crippen molar-refractivity contribution in [2.75, 3.05) is 6.61 Å². The van der Waals surface area contributed by atoms with Gasteiger partial charge in [0.15, 0.2) is 0 Å². The van der Waals surface area contributed by atoms with Crippen LogP contribution in [-0.2, 0) is 9.53 Å². The number of hydrogen-bond acceptors (Lipinski definition) is 4. The van der Waals surface area contributed by atoms with Crippen LogP contribution in [0.2, 0.25) is 0 Å². The maximum atomic E-state index is 10.9. The Hall–Kier alpha value is -0.610. The van der Waals surface area contributed by atoms with E-state index in [-0.39, 0.29) is 18.5 Å². The Morgan fingerprint density at radius 1 is 1.75 bits per heavy atom. The van der Waals surface area contributed by atoms with Crippen LogP contribution in [0.25, 0.3) is 0 Å². The summed E-state index contributed by atoms with van der Waals surface area (Å²) >= 11 is 0. The molecular weight excluding hydrogens is 160 g/mol. The number of hydrogen-bond donors (Lipinski definition) is 2. The Bertz CT molecular complexity index is 168. The number of rotatable bonds is 2. The summed E-state index contributed by atoms with van der Waals surface area (Å²) in [6.45, 7) is 1.57. The third-order valence-electron chi connectivity index (χ3n) is 2.05. The molecule has 1 aliphatic rings. The van der Waals surface area contributed by atoms with Crippen molar-refractivity contribution in [2.45, 2.75) is 32.0 Å². The molecule has 0 saturated carbocycles. The highest BCUT2D eigenvalue weighted by Gasteiger charge is 2.30. The molecule has 4 heteroatoms. The third-order valence-corrected chi connectivity index (χ3v) is 2.05. The number of aliphatic hydroxyl groups is 2. The fraction of sp³-hybridized carbons (Fsp3) is 0.875. The lowest BCUT2D eigenvalue weighted by atomic mass is 9.95. The lowest BCUT2D eigenvalue weighted by Gasteiger charge is -2.29. The molecule has 12 heavy (non-hydrogen) atoms. The van der Waals surface area contributed by atoms with Gasteiger partial charge in [-0.05, 0) is 12.3 Å². The number of ether oxygens (including phenoxy) is 1. The van der Waals surface area contributed by atoms with Gasteiger partial charge < -0.3 is 14.9 Å². The third kappa shape index (κ3) is 2.19. The Morgan fingerprint density at radius 2 is 2.42 bits per heavy atom. The van der Waals surface area contributed by atoms with E-state index in [0.29, 0.717) is 12.8 Å². The maximum Gasteiger partial charge on any atom is 0.306 e. The van der Waals surface area contributed by atoms with Gasteiger partial charge in [0, 0.05) is 6.42 Å². The number of carbonyl (C=O) groups excluding carboxylic acids is 1. The van der Waals surface area contributed by atoms with Gasteiger partial charge in [0.25, 0.3) is 0 Å². The molecule has 0 amide bonds. The minimum Gasteiger partial charge on any atom is -0.459 e. The molecule has 0 aliphatic carbocycles. The van der Waals surface area contributed by atoms with Gasteiger partial charge >= 0.3 is 5.97 Å². The molecule has 1 fully saturated rings. The number of carbonyl (C=O) groups is 1. The number of cyclic esters (lactones) is 1. The minimum absolute atomic E-state index is 0.234. The first kappa shape index (κ1) is 9.48. The van der Waals surface area contributed by atoms with Crippen LogP contribution in [0.4, 0.5) is 0 Å². The molecule has 0 spiro atoms. The van der Waals surface area contributed by atoms with Gasteiger partial charge in [0.05, 0.1) is 6.61 Å². The second-order valence-electron chi connectivity index (χ2n) is 3.32. The first-order valence-electron chi connectivity index (χ1n) is 4.12. The largest absolute Gasteiger partial charge is 0.459 e. The smallest absolute Gasteiger partial charge is 0.306 e. The van der Waals surface area contributed by atoms with Crippen molar-refractivity contribution < 1.29 is 19.7 Å². The van der Waals surface area contributed by atoms with Gasteiger partial charge in [0.2, 0.25) is 0 Å². The number of aliphatic hydroxyl groups excluding tert-OH is 2. The second-order valence-corrected chi connectivity index (χ2v) is 3.32. The molecule has 3 atom stereocenters. The zero-order valence-corrected chi connectivity index (χ0v) is 7.06. The zero-order chi connectivity index (χ0) is 9.14. The fourth-order valence-electron chi connectivity index (χ4n) is 1.38. The van der Waals surface area contributed by atoms with E-state index in [1.165, 1.54) is 0 Å². The second kappa shape index (κ2) is 3.87. The van der Waals surface area contributed by atoms with Crippen LogP contribution >= 0.6 is 0 Å².